The first kappa shape index (κ1) is 17.7. The lowest BCUT2D eigenvalue weighted by molar-refractivity contribution is 0.0846. The van der Waals surface area contributed by atoms with Crippen LogP contribution in [0.1, 0.15) is 26.3 Å². The van der Waals surface area contributed by atoms with Crippen LogP contribution >= 0.6 is 0 Å². The van der Waals surface area contributed by atoms with E-state index in [0.29, 0.717) is 17.1 Å². The summed E-state index contributed by atoms with van der Waals surface area (Å²) in [4.78, 5) is 24.5. The maximum absolute atomic E-state index is 12.3. The number of hydrogen-bond donors (Lipinski definition) is 2. The molecule has 0 radical (unpaired) electrons. The molecule has 2 N–H and O–H groups in total. The number of rotatable bonds is 3. The Labute approximate surface area is 150 Å². The number of hydrogen-bond acceptors (Lipinski definition) is 6. The number of benzene rings is 2. The molecule has 1 aliphatic heterocycles. The number of hydrazine groups is 1. The molecule has 0 unspecified atom stereocenters. The van der Waals surface area contributed by atoms with E-state index in [1.165, 1.54) is 30.3 Å². The molecule has 0 spiro atoms. The van der Waals surface area contributed by atoms with Crippen LogP contribution in [0.4, 0.5) is 0 Å². The number of carbonyl (C=O) groups excluding carboxylic acids is 2. The second-order valence-corrected chi connectivity index (χ2v) is 7.74. The summed E-state index contributed by atoms with van der Waals surface area (Å²) < 4.78 is 33.6. The highest BCUT2D eigenvalue weighted by molar-refractivity contribution is 7.90. The van der Waals surface area contributed by atoms with Crippen molar-refractivity contribution in [2.75, 3.05) is 13.0 Å². The van der Waals surface area contributed by atoms with E-state index in [0.717, 1.165) is 6.26 Å². The minimum Gasteiger partial charge on any atom is -0.454 e. The molecular formula is C17H16N2O6S. The van der Waals surface area contributed by atoms with E-state index in [4.69, 9.17) is 9.47 Å². The Morgan fingerprint density at radius 2 is 1.65 bits per heavy atom. The third-order valence-electron chi connectivity index (χ3n) is 3.81. The van der Waals surface area contributed by atoms with Gasteiger partial charge >= 0.3 is 0 Å². The van der Waals surface area contributed by atoms with Crippen LogP contribution in [0, 0.1) is 6.92 Å². The predicted molar refractivity (Wildman–Crippen MR) is 91.8 cm³/mol. The maximum atomic E-state index is 12.3. The van der Waals surface area contributed by atoms with Crippen LogP contribution in [0.15, 0.2) is 41.3 Å². The van der Waals surface area contributed by atoms with E-state index in [9.17, 15) is 18.0 Å². The van der Waals surface area contributed by atoms with Gasteiger partial charge in [-0.3, -0.25) is 20.4 Å². The molecule has 0 aromatic heterocycles. The van der Waals surface area contributed by atoms with E-state index in [1.807, 2.05) is 0 Å². The normalized spacial score (nSPS) is 12.5. The van der Waals surface area contributed by atoms with Gasteiger partial charge in [-0.15, -0.1) is 0 Å². The second kappa shape index (κ2) is 6.68. The molecule has 0 saturated carbocycles. The zero-order valence-electron chi connectivity index (χ0n) is 14.0. The minimum absolute atomic E-state index is 0.0235. The quantitative estimate of drug-likeness (QED) is 0.779. The number of sulfone groups is 1. The Bertz CT molecular complexity index is 1000. The van der Waals surface area contributed by atoms with Crippen molar-refractivity contribution in [1.82, 2.24) is 10.9 Å². The first-order chi connectivity index (χ1) is 12.3. The fraction of sp³-hybridized carbons (Fsp3) is 0.176. The van der Waals surface area contributed by atoms with Crippen LogP contribution in [-0.4, -0.2) is 33.3 Å². The van der Waals surface area contributed by atoms with Gasteiger partial charge in [0.25, 0.3) is 11.8 Å². The van der Waals surface area contributed by atoms with Gasteiger partial charge in [0, 0.05) is 17.4 Å². The van der Waals surface area contributed by atoms with Crippen molar-refractivity contribution >= 4 is 21.7 Å². The number of ether oxygens (including phenoxy) is 2. The lowest BCUT2D eigenvalue weighted by atomic mass is 10.1. The number of carbonyl (C=O) groups is 2. The Balaban J connectivity index is 1.72. The van der Waals surface area contributed by atoms with Crippen LogP contribution < -0.4 is 20.3 Å². The Hall–Kier alpha value is -3.07. The summed E-state index contributed by atoms with van der Waals surface area (Å²) >= 11 is 0. The van der Waals surface area contributed by atoms with E-state index in [1.54, 1.807) is 13.0 Å². The van der Waals surface area contributed by atoms with Crippen molar-refractivity contribution in [3.8, 4) is 11.5 Å². The number of nitrogens with one attached hydrogen (secondary N) is 2. The lowest BCUT2D eigenvalue weighted by Crippen LogP contribution is -2.41. The summed E-state index contributed by atoms with van der Waals surface area (Å²) in [6.45, 7) is 1.76. The van der Waals surface area contributed by atoms with Gasteiger partial charge in [0.15, 0.2) is 21.3 Å². The van der Waals surface area contributed by atoms with Crippen LogP contribution in [-0.2, 0) is 9.84 Å². The van der Waals surface area contributed by atoms with Crippen LogP contribution in [0.25, 0.3) is 0 Å². The summed E-state index contributed by atoms with van der Waals surface area (Å²) in [6.07, 6.45) is 1.06. The molecule has 9 heteroatoms. The zero-order valence-corrected chi connectivity index (χ0v) is 14.8. The van der Waals surface area contributed by atoms with Crippen molar-refractivity contribution in [2.45, 2.75) is 11.8 Å². The molecule has 8 nitrogen and oxygen atoms in total. The van der Waals surface area contributed by atoms with Crippen molar-refractivity contribution < 1.29 is 27.5 Å². The standard InChI is InChI=1S/C17H16N2O6S/c1-10-3-5-12(26(2,22)23)8-13(10)17(21)19-18-16(20)11-4-6-14-15(7-11)25-9-24-14/h3-8H,9H2,1-2H3,(H,18,20)(H,19,21). The van der Waals surface area contributed by atoms with Crippen LogP contribution in [0.3, 0.4) is 0 Å². The summed E-state index contributed by atoms with van der Waals surface area (Å²) in [6, 6.07) is 8.85. The number of aryl methyl sites for hydroxylation is 1. The molecule has 2 amide bonds. The highest BCUT2D eigenvalue weighted by atomic mass is 32.2. The molecule has 0 saturated heterocycles. The van der Waals surface area contributed by atoms with Gasteiger partial charge in [-0.1, -0.05) is 6.07 Å². The third-order valence-corrected chi connectivity index (χ3v) is 4.92. The largest absolute Gasteiger partial charge is 0.454 e. The molecule has 26 heavy (non-hydrogen) atoms. The van der Waals surface area contributed by atoms with Crippen molar-refractivity contribution in [3.63, 3.8) is 0 Å². The SMILES string of the molecule is Cc1ccc(S(C)(=O)=O)cc1C(=O)NNC(=O)c1ccc2c(c1)OCO2. The topological polar surface area (TPSA) is 111 Å². The van der Waals surface area contributed by atoms with Gasteiger partial charge in [-0.25, -0.2) is 8.42 Å². The molecule has 2 aromatic carbocycles. The Kier molecular flexibility index (Phi) is 4.56. The van der Waals surface area contributed by atoms with E-state index in [2.05, 4.69) is 10.9 Å². The molecule has 0 atom stereocenters. The molecule has 3 rings (SSSR count). The number of amides is 2. The van der Waals surface area contributed by atoms with Crippen LogP contribution in [0.2, 0.25) is 0 Å². The van der Waals surface area contributed by atoms with Crippen molar-refractivity contribution in [2.24, 2.45) is 0 Å². The average molecular weight is 376 g/mol. The maximum Gasteiger partial charge on any atom is 0.270 e. The van der Waals surface area contributed by atoms with Gasteiger partial charge in [0.05, 0.1) is 4.90 Å². The number of fused-ring (bicyclic) bond motifs is 1. The molecule has 2 aromatic rings. The van der Waals surface area contributed by atoms with E-state index >= 15 is 0 Å². The predicted octanol–water partition coefficient (Wildman–Crippen LogP) is 1.20. The monoisotopic (exact) mass is 376 g/mol. The Morgan fingerprint density at radius 1 is 0.962 bits per heavy atom. The summed E-state index contributed by atoms with van der Waals surface area (Å²) in [7, 11) is -3.45. The van der Waals surface area contributed by atoms with Crippen molar-refractivity contribution in [1.29, 1.82) is 0 Å². The first-order valence-electron chi connectivity index (χ1n) is 7.57. The molecule has 1 aliphatic rings. The van der Waals surface area contributed by atoms with Gasteiger partial charge in [0.1, 0.15) is 0 Å². The van der Waals surface area contributed by atoms with Crippen LogP contribution in [0.5, 0.6) is 11.5 Å². The highest BCUT2D eigenvalue weighted by Crippen LogP contribution is 2.32. The zero-order chi connectivity index (χ0) is 18.9. The van der Waals surface area contributed by atoms with Gasteiger partial charge in [0.2, 0.25) is 6.79 Å². The van der Waals surface area contributed by atoms with Crippen molar-refractivity contribution in [3.05, 3.63) is 53.1 Å². The molecule has 0 aliphatic carbocycles. The van der Waals surface area contributed by atoms with Gasteiger partial charge < -0.3 is 9.47 Å². The lowest BCUT2D eigenvalue weighted by Gasteiger charge is -2.10. The molecule has 136 valence electrons. The smallest absolute Gasteiger partial charge is 0.270 e. The van der Waals surface area contributed by atoms with E-state index < -0.39 is 21.7 Å². The minimum atomic E-state index is -3.45. The fourth-order valence-corrected chi connectivity index (χ4v) is 3.01. The van der Waals surface area contributed by atoms with Gasteiger partial charge in [-0.05, 0) is 42.8 Å². The highest BCUT2D eigenvalue weighted by Gasteiger charge is 2.18. The molecule has 0 bridgehead atoms. The second-order valence-electron chi connectivity index (χ2n) is 5.73. The first-order valence-corrected chi connectivity index (χ1v) is 9.46. The van der Waals surface area contributed by atoms with Gasteiger partial charge in [-0.2, -0.15) is 0 Å². The molecule has 0 fully saturated rings. The fourth-order valence-electron chi connectivity index (χ4n) is 2.37. The van der Waals surface area contributed by atoms with E-state index in [-0.39, 0.29) is 22.8 Å². The molecular weight excluding hydrogens is 360 g/mol. The summed E-state index contributed by atoms with van der Waals surface area (Å²) in [5, 5.41) is 0. The third kappa shape index (κ3) is 3.62. The average Bonchev–Trinajstić information content (AvgIpc) is 3.06. The summed E-state index contributed by atoms with van der Waals surface area (Å²) in [5.74, 6) is -0.185. The Morgan fingerprint density at radius 3 is 2.38 bits per heavy atom. The molecule has 1 heterocycles. The summed E-state index contributed by atoms with van der Waals surface area (Å²) in [5.41, 5.74) is 5.57.